The van der Waals surface area contributed by atoms with Crippen LogP contribution in [-0.2, 0) is 0 Å². The number of aromatic nitrogens is 1. The van der Waals surface area contributed by atoms with Gasteiger partial charge >= 0.3 is 0 Å². The van der Waals surface area contributed by atoms with E-state index in [4.69, 9.17) is 0 Å². The topological polar surface area (TPSA) is 42.0 Å². The summed E-state index contributed by atoms with van der Waals surface area (Å²) < 4.78 is 0. The SMILES string of the molecule is O=C(Nc1ccccc1-c1ccccc1)c1ccncc1. The fraction of sp³-hybridized carbons (Fsp3) is 0. The van der Waals surface area contributed by atoms with E-state index in [9.17, 15) is 4.79 Å². The molecule has 0 saturated carbocycles. The van der Waals surface area contributed by atoms with Crippen molar-refractivity contribution in [1.29, 1.82) is 0 Å². The summed E-state index contributed by atoms with van der Waals surface area (Å²) in [6.07, 6.45) is 3.22. The first-order valence-corrected chi connectivity index (χ1v) is 6.70. The van der Waals surface area contributed by atoms with Crippen LogP contribution in [0.4, 0.5) is 5.69 Å². The first-order chi connectivity index (χ1) is 10.3. The summed E-state index contributed by atoms with van der Waals surface area (Å²) in [5.41, 5.74) is 3.46. The monoisotopic (exact) mass is 274 g/mol. The van der Waals surface area contributed by atoms with Crippen molar-refractivity contribution in [3.8, 4) is 11.1 Å². The molecule has 0 spiro atoms. The number of hydrogen-bond acceptors (Lipinski definition) is 2. The average Bonchev–Trinajstić information content (AvgIpc) is 2.57. The normalized spacial score (nSPS) is 10.1. The van der Waals surface area contributed by atoms with E-state index in [0.29, 0.717) is 5.56 Å². The van der Waals surface area contributed by atoms with Crippen molar-refractivity contribution >= 4 is 11.6 Å². The van der Waals surface area contributed by atoms with Crippen LogP contribution in [0.3, 0.4) is 0 Å². The minimum Gasteiger partial charge on any atom is -0.321 e. The number of carbonyl (C=O) groups is 1. The number of nitrogens with zero attached hydrogens (tertiary/aromatic N) is 1. The lowest BCUT2D eigenvalue weighted by atomic mass is 10.0. The first kappa shape index (κ1) is 13.1. The number of benzene rings is 2. The van der Waals surface area contributed by atoms with E-state index in [-0.39, 0.29) is 5.91 Å². The van der Waals surface area contributed by atoms with Gasteiger partial charge in [0.25, 0.3) is 5.91 Å². The second-order valence-electron chi connectivity index (χ2n) is 4.60. The molecule has 0 radical (unpaired) electrons. The van der Waals surface area contributed by atoms with Gasteiger partial charge in [0.05, 0.1) is 0 Å². The molecule has 0 aliphatic rings. The molecule has 3 nitrogen and oxygen atoms in total. The quantitative estimate of drug-likeness (QED) is 0.784. The summed E-state index contributed by atoms with van der Waals surface area (Å²) in [4.78, 5) is 16.2. The number of para-hydroxylation sites is 1. The molecular weight excluding hydrogens is 260 g/mol. The zero-order valence-corrected chi connectivity index (χ0v) is 11.4. The molecule has 1 aromatic heterocycles. The van der Waals surface area contributed by atoms with Crippen molar-refractivity contribution in [2.45, 2.75) is 0 Å². The molecule has 3 rings (SSSR count). The van der Waals surface area contributed by atoms with Crippen LogP contribution in [0.5, 0.6) is 0 Å². The maximum atomic E-state index is 12.3. The number of carbonyl (C=O) groups excluding carboxylic acids is 1. The van der Waals surface area contributed by atoms with Gasteiger partial charge in [-0.1, -0.05) is 48.5 Å². The van der Waals surface area contributed by atoms with E-state index in [0.717, 1.165) is 16.8 Å². The molecule has 0 saturated heterocycles. The number of rotatable bonds is 3. The van der Waals surface area contributed by atoms with Crippen molar-refractivity contribution in [2.75, 3.05) is 5.32 Å². The second kappa shape index (κ2) is 6.01. The fourth-order valence-corrected chi connectivity index (χ4v) is 2.16. The molecular formula is C18H14N2O. The Labute approximate surface area is 123 Å². The van der Waals surface area contributed by atoms with E-state index < -0.39 is 0 Å². The van der Waals surface area contributed by atoms with Gasteiger partial charge in [-0.3, -0.25) is 9.78 Å². The summed E-state index contributed by atoms with van der Waals surface area (Å²) >= 11 is 0. The summed E-state index contributed by atoms with van der Waals surface area (Å²) in [5.74, 6) is -0.138. The average molecular weight is 274 g/mol. The molecule has 3 heteroatoms. The van der Waals surface area contributed by atoms with E-state index >= 15 is 0 Å². The Hall–Kier alpha value is -2.94. The Balaban J connectivity index is 1.92. The zero-order chi connectivity index (χ0) is 14.5. The standard InChI is InChI=1S/C18H14N2O/c21-18(15-10-12-19-13-11-15)20-17-9-5-4-8-16(17)14-6-2-1-3-7-14/h1-13H,(H,20,21). The Morgan fingerprint density at radius 3 is 2.24 bits per heavy atom. The van der Waals surface area contributed by atoms with E-state index in [1.807, 2.05) is 54.6 Å². The fourth-order valence-electron chi connectivity index (χ4n) is 2.16. The van der Waals surface area contributed by atoms with Crippen molar-refractivity contribution in [3.05, 3.63) is 84.7 Å². The van der Waals surface area contributed by atoms with Gasteiger partial charge in [0.2, 0.25) is 0 Å². The zero-order valence-electron chi connectivity index (χ0n) is 11.4. The van der Waals surface area contributed by atoms with Crippen molar-refractivity contribution in [2.24, 2.45) is 0 Å². The lowest BCUT2D eigenvalue weighted by molar-refractivity contribution is 0.102. The lowest BCUT2D eigenvalue weighted by Crippen LogP contribution is -2.12. The molecule has 0 fully saturated rings. The van der Waals surface area contributed by atoms with Crippen molar-refractivity contribution in [1.82, 2.24) is 4.98 Å². The van der Waals surface area contributed by atoms with Crippen LogP contribution in [0, 0.1) is 0 Å². The molecule has 21 heavy (non-hydrogen) atoms. The third-order valence-electron chi connectivity index (χ3n) is 3.20. The van der Waals surface area contributed by atoms with Crippen molar-refractivity contribution < 1.29 is 4.79 Å². The maximum absolute atomic E-state index is 12.3. The van der Waals surface area contributed by atoms with Crippen LogP contribution in [0.25, 0.3) is 11.1 Å². The lowest BCUT2D eigenvalue weighted by Gasteiger charge is -2.11. The Morgan fingerprint density at radius 1 is 0.810 bits per heavy atom. The van der Waals surface area contributed by atoms with Gasteiger partial charge in [-0.05, 0) is 23.8 Å². The van der Waals surface area contributed by atoms with Gasteiger partial charge in [-0.2, -0.15) is 0 Å². The van der Waals surface area contributed by atoms with Crippen LogP contribution in [0.1, 0.15) is 10.4 Å². The van der Waals surface area contributed by atoms with Crippen LogP contribution in [-0.4, -0.2) is 10.9 Å². The molecule has 0 atom stereocenters. The molecule has 102 valence electrons. The third kappa shape index (κ3) is 2.98. The molecule has 0 unspecified atom stereocenters. The predicted octanol–water partition coefficient (Wildman–Crippen LogP) is 4.00. The van der Waals surface area contributed by atoms with Crippen molar-refractivity contribution in [3.63, 3.8) is 0 Å². The van der Waals surface area contributed by atoms with E-state index in [2.05, 4.69) is 10.3 Å². The maximum Gasteiger partial charge on any atom is 0.255 e. The molecule has 0 aliphatic carbocycles. The van der Waals surface area contributed by atoms with E-state index in [1.54, 1.807) is 24.5 Å². The summed E-state index contributed by atoms with van der Waals surface area (Å²) in [6.45, 7) is 0. The van der Waals surface area contributed by atoms with Gasteiger partial charge in [-0.15, -0.1) is 0 Å². The smallest absolute Gasteiger partial charge is 0.255 e. The second-order valence-corrected chi connectivity index (χ2v) is 4.60. The largest absolute Gasteiger partial charge is 0.321 e. The Morgan fingerprint density at radius 2 is 1.48 bits per heavy atom. The molecule has 1 amide bonds. The number of pyridine rings is 1. The van der Waals surface area contributed by atoms with Crippen LogP contribution >= 0.6 is 0 Å². The van der Waals surface area contributed by atoms with Crippen LogP contribution < -0.4 is 5.32 Å². The minimum atomic E-state index is -0.138. The highest BCUT2D eigenvalue weighted by atomic mass is 16.1. The molecule has 0 aliphatic heterocycles. The van der Waals surface area contributed by atoms with E-state index in [1.165, 1.54) is 0 Å². The van der Waals surface area contributed by atoms with Gasteiger partial charge in [0, 0.05) is 29.2 Å². The third-order valence-corrected chi connectivity index (χ3v) is 3.20. The molecule has 2 aromatic carbocycles. The Kier molecular flexibility index (Phi) is 3.74. The minimum absolute atomic E-state index is 0.138. The van der Waals surface area contributed by atoms with Crippen LogP contribution in [0.2, 0.25) is 0 Å². The highest BCUT2D eigenvalue weighted by molar-refractivity contribution is 6.06. The highest BCUT2D eigenvalue weighted by Gasteiger charge is 2.09. The van der Waals surface area contributed by atoms with Gasteiger partial charge < -0.3 is 5.32 Å². The van der Waals surface area contributed by atoms with Crippen LogP contribution in [0.15, 0.2) is 79.1 Å². The summed E-state index contributed by atoms with van der Waals surface area (Å²) in [5, 5.41) is 2.96. The summed E-state index contributed by atoms with van der Waals surface area (Å²) in [6, 6.07) is 21.2. The number of amides is 1. The number of hydrogen-bond donors (Lipinski definition) is 1. The first-order valence-electron chi connectivity index (χ1n) is 6.70. The van der Waals surface area contributed by atoms with Gasteiger partial charge in [-0.25, -0.2) is 0 Å². The number of anilines is 1. The predicted molar refractivity (Wildman–Crippen MR) is 84.1 cm³/mol. The molecule has 1 heterocycles. The summed E-state index contributed by atoms with van der Waals surface area (Å²) in [7, 11) is 0. The number of nitrogens with one attached hydrogen (secondary N) is 1. The molecule has 3 aromatic rings. The van der Waals surface area contributed by atoms with Gasteiger partial charge in [0.1, 0.15) is 0 Å². The Bertz CT molecular complexity index is 739. The highest BCUT2D eigenvalue weighted by Crippen LogP contribution is 2.27. The molecule has 0 bridgehead atoms. The van der Waals surface area contributed by atoms with Gasteiger partial charge in [0.15, 0.2) is 0 Å². The molecule has 1 N–H and O–H groups in total.